The van der Waals surface area contributed by atoms with Gasteiger partial charge in [-0.25, -0.2) is 20.0 Å². The number of rotatable bonds is 19. The van der Waals surface area contributed by atoms with Gasteiger partial charge in [0.25, 0.3) is 0 Å². The molecule has 8 heteroatoms. The lowest BCUT2D eigenvalue weighted by atomic mass is 9.64. The molecule has 10 rings (SSSR count). The van der Waals surface area contributed by atoms with Gasteiger partial charge in [0.2, 0.25) is 0 Å². The average molecular weight is 1320 g/mol. The largest absolute Gasteiger partial charge is 0.246 e. The topological polar surface area (TPSA) is 49.4 Å². The number of allylic oxidation sites excluding steroid dienone is 4. The summed E-state index contributed by atoms with van der Waals surface area (Å²) in [6.07, 6.45) is 5.79. The van der Waals surface area contributed by atoms with Crippen LogP contribution in [0.4, 0.5) is 22.7 Å². The highest BCUT2D eigenvalue weighted by atomic mass is 28.4. The fourth-order valence-corrected chi connectivity index (χ4v) is 45.2. The van der Waals surface area contributed by atoms with Crippen LogP contribution >= 0.6 is 0 Å². The van der Waals surface area contributed by atoms with Crippen molar-refractivity contribution in [1.29, 1.82) is 0 Å². The molecule has 4 aliphatic rings. The first kappa shape index (κ1) is 71.1. The first-order chi connectivity index (χ1) is 43.9. The van der Waals surface area contributed by atoms with Crippen molar-refractivity contribution in [1.82, 2.24) is 0 Å². The van der Waals surface area contributed by atoms with Crippen LogP contribution in [-0.4, -0.2) is 55.1 Å². The number of benzene rings is 6. The number of hydrogen-bond donors (Lipinski definition) is 0. The summed E-state index contributed by atoms with van der Waals surface area (Å²) in [6, 6.07) is 42.7. The fourth-order valence-electron chi connectivity index (χ4n) is 18.5. The van der Waals surface area contributed by atoms with E-state index in [2.05, 4.69) is 311 Å². The third-order valence-corrected chi connectivity index (χ3v) is 40.9. The van der Waals surface area contributed by atoms with E-state index in [4.69, 9.17) is 20.0 Å². The van der Waals surface area contributed by atoms with Crippen LogP contribution in [0, 0.1) is 11.8 Å². The molecular formula is C86H118N4Si4. The predicted molar refractivity (Wildman–Crippen MR) is 427 cm³/mol. The maximum atomic E-state index is 6.31. The van der Waals surface area contributed by atoms with Gasteiger partial charge in [-0.3, -0.25) is 0 Å². The Kier molecular flexibility index (Phi) is 20.2. The zero-order valence-electron chi connectivity index (χ0n) is 63.4. The average Bonchev–Trinajstić information content (AvgIpc) is 1.46. The van der Waals surface area contributed by atoms with Crippen LogP contribution in [0.2, 0.25) is 88.9 Å². The molecule has 0 aromatic heterocycles. The molecule has 0 unspecified atom stereocenters. The van der Waals surface area contributed by atoms with E-state index in [0.29, 0.717) is 10.3 Å². The normalized spacial score (nSPS) is 20.2. The zero-order chi connectivity index (χ0) is 68.9. The molecule has 0 saturated heterocycles. The van der Waals surface area contributed by atoms with Gasteiger partial charge in [-0.2, -0.15) is 0 Å². The Bertz CT molecular complexity index is 3670. The van der Waals surface area contributed by atoms with Gasteiger partial charge in [0.05, 0.1) is 45.6 Å². The van der Waals surface area contributed by atoms with Crippen molar-refractivity contribution < 1.29 is 0 Å². The minimum Gasteiger partial charge on any atom is -0.246 e. The smallest absolute Gasteiger partial charge is 0.0978 e. The zero-order valence-corrected chi connectivity index (χ0v) is 67.4. The van der Waals surface area contributed by atoms with Gasteiger partial charge in [-0.1, -0.05) is 311 Å². The van der Waals surface area contributed by atoms with Crippen LogP contribution < -0.4 is 0 Å². The van der Waals surface area contributed by atoms with E-state index in [1.165, 1.54) is 89.0 Å². The second-order valence-electron chi connectivity index (χ2n) is 35.5. The SMILES string of the molecule is CC(C)c1cccc(C(C)C)c1N=C1C2=C[C@@H]([C@@H]3C=C4C(=Nc5c(C(C)C)cccc5C(C)C)C(=Nc5c(C(C)C)cccc5C(C)C)c5cccc(c54)[C@H]3C([Si](C)(C)C)[Si](C)(C)C)[C@H](C([Si](C)(C)C)[Si](C)(C)C)c3cccc(c32)C1=Nc1c(C(C)C)cccc1C(C)C. The summed E-state index contributed by atoms with van der Waals surface area (Å²) in [5.41, 5.74) is 29.8. The third-order valence-electron chi connectivity index (χ3n) is 21.6. The van der Waals surface area contributed by atoms with Gasteiger partial charge in [0, 0.05) is 54.6 Å². The van der Waals surface area contributed by atoms with Crippen LogP contribution in [0.1, 0.15) is 248 Å². The lowest BCUT2D eigenvalue weighted by molar-refractivity contribution is 0.342. The molecule has 0 heterocycles. The number of hydrogen-bond acceptors (Lipinski definition) is 4. The molecule has 0 radical (unpaired) electrons. The molecule has 4 atom stereocenters. The Labute approximate surface area is 575 Å². The van der Waals surface area contributed by atoms with Gasteiger partial charge in [-0.05, 0) is 148 Å². The molecular weight excluding hydrogens is 1200 g/mol. The fraction of sp³-hybridized carbons (Fsp3) is 0.488. The lowest BCUT2D eigenvalue weighted by Gasteiger charge is -2.54. The summed E-state index contributed by atoms with van der Waals surface area (Å²) < 4.78 is 0. The standard InChI is InChI=1S/C86H118N4Si4/c1-49(2)57-35-29-36-58(50(3)4)77(57)87-81-67-45-33-43-65-73(67)71(83(81)89-79-61(53(9)10)39-31-40-62(79)54(11)12)47-69(75(65)85(91(17,18)19)92(20,21)22)70-48-72-74-66(76(70)86(93(23,24)25)94(26,27)28)44-34-46-68(74)82(88-78-59(51(5)6)37-30-38-60(78)52(7)8)84(72)90-80-63(55(13)14)41-32-42-64(80)56(15)16/h29-56,69-70,75-76,85-86H,1-28H3/t69-,70-,75+,76+/m0/s1. The molecule has 4 aliphatic carbocycles. The monoisotopic (exact) mass is 1320 g/mol. The second-order valence-corrected chi connectivity index (χ2v) is 58.1. The first-order valence-electron chi connectivity index (χ1n) is 36.4. The summed E-state index contributed by atoms with van der Waals surface area (Å²) in [6.45, 7) is 70.1. The molecule has 0 saturated carbocycles. The summed E-state index contributed by atoms with van der Waals surface area (Å²) in [7, 11) is -8.02. The van der Waals surface area contributed by atoms with Gasteiger partial charge < -0.3 is 0 Å². The van der Waals surface area contributed by atoms with E-state index in [0.717, 1.165) is 45.6 Å². The van der Waals surface area contributed by atoms with Crippen molar-refractivity contribution in [3.05, 3.63) is 199 Å². The minimum atomic E-state index is -2.00. The third kappa shape index (κ3) is 13.2. The molecule has 6 aromatic carbocycles. The van der Waals surface area contributed by atoms with Crippen molar-refractivity contribution in [3.63, 3.8) is 0 Å². The second kappa shape index (κ2) is 26.6. The summed E-state index contributed by atoms with van der Waals surface area (Å²) in [5.74, 6) is 2.94. The van der Waals surface area contributed by atoms with E-state index in [1.54, 1.807) is 0 Å². The maximum Gasteiger partial charge on any atom is 0.0978 e. The highest BCUT2D eigenvalue weighted by molar-refractivity contribution is 6.97. The van der Waals surface area contributed by atoms with Crippen LogP contribution in [-0.2, 0) is 0 Å². The Morgan fingerprint density at radius 3 is 0.670 bits per heavy atom. The van der Waals surface area contributed by atoms with Gasteiger partial charge in [0.15, 0.2) is 0 Å². The van der Waals surface area contributed by atoms with Gasteiger partial charge >= 0.3 is 0 Å². The Balaban J connectivity index is 1.43. The maximum absolute atomic E-state index is 6.31. The van der Waals surface area contributed by atoms with Crippen molar-refractivity contribution >= 4 is 89.0 Å². The number of aliphatic imine (C=N–C) groups is 4. The van der Waals surface area contributed by atoms with Gasteiger partial charge in [0.1, 0.15) is 0 Å². The first-order valence-corrected chi connectivity index (χ1v) is 50.8. The molecule has 498 valence electrons. The van der Waals surface area contributed by atoms with Crippen LogP contribution in [0.25, 0.3) is 11.1 Å². The Morgan fingerprint density at radius 2 is 0.468 bits per heavy atom. The van der Waals surface area contributed by atoms with Crippen molar-refractivity contribution in [2.45, 2.75) is 259 Å². The molecule has 0 fully saturated rings. The Hall–Kier alpha value is -5.65. The molecule has 0 aliphatic heterocycles. The molecule has 0 bridgehead atoms. The Morgan fingerprint density at radius 1 is 0.266 bits per heavy atom. The van der Waals surface area contributed by atoms with E-state index >= 15 is 0 Å². The summed E-state index contributed by atoms with van der Waals surface area (Å²) in [5, 5.41) is 1.07. The molecule has 6 aromatic rings. The van der Waals surface area contributed by atoms with E-state index in [1.807, 2.05) is 0 Å². The minimum absolute atomic E-state index is 0.111. The number of para-hydroxylation sites is 4. The number of nitrogens with zero attached hydrogens (tertiary/aromatic N) is 4. The van der Waals surface area contributed by atoms with Crippen LogP contribution in [0.3, 0.4) is 0 Å². The van der Waals surface area contributed by atoms with Gasteiger partial charge in [-0.15, -0.1) is 0 Å². The molecule has 4 nitrogen and oxygen atoms in total. The summed E-state index contributed by atoms with van der Waals surface area (Å²) >= 11 is 0. The lowest BCUT2D eigenvalue weighted by Crippen LogP contribution is -2.52. The van der Waals surface area contributed by atoms with Crippen molar-refractivity contribution in [2.24, 2.45) is 31.8 Å². The van der Waals surface area contributed by atoms with Crippen molar-refractivity contribution in [2.75, 3.05) is 0 Å². The van der Waals surface area contributed by atoms with Crippen LogP contribution in [0.15, 0.2) is 141 Å². The van der Waals surface area contributed by atoms with E-state index < -0.39 is 32.3 Å². The van der Waals surface area contributed by atoms with E-state index in [-0.39, 0.29) is 71.0 Å². The predicted octanol–water partition coefficient (Wildman–Crippen LogP) is 26.6. The molecule has 0 spiro atoms. The quantitative estimate of drug-likeness (QED) is 0.0726. The highest BCUT2D eigenvalue weighted by Gasteiger charge is 2.57. The molecule has 0 amide bonds. The van der Waals surface area contributed by atoms with Crippen molar-refractivity contribution in [3.8, 4) is 0 Å². The highest BCUT2D eigenvalue weighted by Crippen LogP contribution is 2.64. The van der Waals surface area contributed by atoms with E-state index in [9.17, 15) is 0 Å². The molecule has 0 N–H and O–H groups in total. The molecule has 94 heavy (non-hydrogen) atoms. The summed E-state index contributed by atoms with van der Waals surface area (Å²) in [4.78, 5) is 25.0. The van der Waals surface area contributed by atoms with Crippen LogP contribution in [0.5, 0.6) is 0 Å².